The van der Waals surface area contributed by atoms with E-state index in [1.165, 1.54) is 31.9 Å². The molecule has 0 atom stereocenters. The summed E-state index contributed by atoms with van der Waals surface area (Å²) in [6.07, 6.45) is 7.01. The maximum atomic E-state index is 2.25. The minimum atomic E-state index is 1.36. The van der Waals surface area contributed by atoms with Gasteiger partial charge in [0.15, 0.2) is 0 Å². The van der Waals surface area contributed by atoms with E-state index in [2.05, 4.69) is 15.7 Å². The molecule has 0 aromatic rings. The fourth-order valence-electron chi connectivity index (χ4n) is 0.677. The molecule has 0 heterocycles. The van der Waals surface area contributed by atoms with E-state index in [9.17, 15) is 0 Å². The highest BCUT2D eigenvalue weighted by Gasteiger charge is 1.80. The fraction of sp³-hybridized carbons (Fsp3) is 1.00. The number of unbranched alkanes of at least 4 members (excludes halogenated alkanes) is 2. The first-order valence-electron chi connectivity index (χ1n) is 3.41. The molecule has 0 aliphatic carbocycles. The zero-order valence-corrected chi connectivity index (χ0v) is 5.54. The van der Waals surface area contributed by atoms with Crippen molar-refractivity contribution in [1.82, 2.24) is 0 Å². The molecule has 0 unspecified atom stereocenters. The maximum Gasteiger partial charge on any atom is 0.101 e. The van der Waals surface area contributed by atoms with Crippen LogP contribution in [0.4, 0.5) is 0 Å². The minimum absolute atomic E-state index is 1.36. The van der Waals surface area contributed by atoms with E-state index in [1.807, 2.05) is 0 Å². The summed E-state index contributed by atoms with van der Waals surface area (Å²) in [5.74, 6) is 0. The summed E-state index contributed by atoms with van der Waals surface area (Å²) in [5, 5.41) is 0. The molecule has 2 heteroatoms. The first-order chi connectivity index (χ1) is 3.41. The fourth-order valence-corrected chi connectivity index (χ4v) is 0.677. The SMILES string of the molecule is BCCCCCB. The van der Waals surface area contributed by atoms with Gasteiger partial charge >= 0.3 is 0 Å². The molecule has 0 saturated heterocycles. The summed E-state index contributed by atoms with van der Waals surface area (Å²) in [4.78, 5) is 0. The average Bonchev–Trinajstić information content (AvgIpc) is 1.69. The topological polar surface area (TPSA) is 0 Å². The second-order valence-corrected chi connectivity index (χ2v) is 2.06. The summed E-state index contributed by atoms with van der Waals surface area (Å²) in [6.45, 7) is 0. The molecule has 40 valence electrons. The molecule has 0 fully saturated rings. The molecule has 0 radical (unpaired) electrons. The van der Waals surface area contributed by atoms with Gasteiger partial charge in [0.25, 0.3) is 0 Å². The van der Waals surface area contributed by atoms with Gasteiger partial charge in [0.2, 0.25) is 0 Å². The molecule has 0 N–H and O–H groups in total. The Balaban J connectivity index is 2.45. The third-order valence-electron chi connectivity index (χ3n) is 1.21. The van der Waals surface area contributed by atoms with Crippen molar-refractivity contribution in [3.05, 3.63) is 0 Å². The van der Waals surface area contributed by atoms with Crippen LogP contribution in [0.25, 0.3) is 0 Å². The molecule has 0 aliphatic heterocycles. The average molecular weight is 95.8 g/mol. The van der Waals surface area contributed by atoms with Crippen molar-refractivity contribution in [3.8, 4) is 0 Å². The van der Waals surface area contributed by atoms with Gasteiger partial charge in [-0.3, -0.25) is 0 Å². The van der Waals surface area contributed by atoms with Gasteiger partial charge in [0, 0.05) is 0 Å². The van der Waals surface area contributed by atoms with E-state index in [0.717, 1.165) is 0 Å². The molecule has 0 saturated carbocycles. The third-order valence-corrected chi connectivity index (χ3v) is 1.21. The van der Waals surface area contributed by atoms with Gasteiger partial charge in [0.1, 0.15) is 15.7 Å². The molecule has 0 aliphatic rings. The van der Waals surface area contributed by atoms with Crippen LogP contribution in [0.1, 0.15) is 19.3 Å². The molecule has 0 aromatic heterocycles. The second-order valence-electron chi connectivity index (χ2n) is 2.06. The number of hydrogen-bond donors (Lipinski definition) is 0. The first-order valence-corrected chi connectivity index (χ1v) is 3.41. The van der Waals surface area contributed by atoms with Crippen LogP contribution in [0.2, 0.25) is 12.6 Å². The van der Waals surface area contributed by atoms with Crippen LogP contribution in [0.3, 0.4) is 0 Å². The molecule has 0 nitrogen and oxygen atoms in total. The molecule has 0 bridgehead atoms. The lowest BCUT2D eigenvalue weighted by Gasteiger charge is -1.90. The Morgan fingerprint density at radius 2 is 1.14 bits per heavy atom. The lowest BCUT2D eigenvalue weighted by atomic mass is 9.95. The van der Waals surface area contributed by atoms with Gasteiger partial charge in [-0.15, -0.1) is 0 Å². The van der Waals surface area contributed by atoms with E-state index < -0.39 is 0 Å². The summed E-state index contributed by atoms with van der Waals surface area (Å²) in [6, 6.07) is 0. The Bertz CT molecular complexity index is 25.3. The summed E-state index contributed by atoms with van der Waals surface area (Å²) in [5.41, 5.74) is 0. The molecule has 0 amide bonds. The normalized spacial score (nSPS) is 9.14. The van der Waals surface area contributed by atoms with Crippen LogP contribution in [0.5, 0.6) is 0 Å². The zero-order valence-electron chi connectivity index (χ0n) is 5.54. The Morgan fingerprint density at radius 3 is 1.43 bits per heavy atom. The minimum Gasteiger partial charge on any atom is -0.0811 e. The Kier molecular flexibility index (Phi) is 6.24. The highest BCUT2D eigenvalue weighted by Crippen LogP contribution is 1.98. The van der Waals surface area contributed by atoms with E-state index >= 15 is 0 Å². The molecular weight excluding hydrogens is 81.7 g/mol. The van der Waals surface area contributed by atoms with Crippen LogP contribution in [0.15, 0.2) is 0 Å². The zero-order chi connectivity index (χ0) is 5.54. The van der Waals surface area contributed by atoms with Crippen molar-refractivity contribution in [3.63, 3.8) is 0 Å². The Morgan fingerprint density at radius 1 is 0.714 bits per heavy atom. The molecule has 0 rings (SSSR count). The Hall–Kier alpha value is 0.130. The van der Waals surface area contributed by atoms with Crippen LogP contribution in [0, 0.1) is 0 Å². The van der Waals surface area contributed by atoms with Crippen LogP contribution in [-0.4, -0.2) is 15.7 Å². The van der Waals surface area contributed by atoms with E-state index in [-0.39, 0.29) is 0 Å². The lowest BCUT2D eigenvalue weighted by Crippen LogP contribution is -1.74. The van der Waals surface area contributed by atoms with E-state index in [0.29, 0.717) is 0 Å². The quantitative estimate of drug-likeness (QED) is 0.347. The van der Waals surface area contributed by atoms with Crippen molar-refractivity contribution < 1.29 is 0 Å². The molecule has 7 heavy (non-hydrogen) atoms. The van der Waals surface area contributed by atoms with Gasteiger partial charge in [-0.1, -0.05) is 31.9 Å². The number of hydrogen-bond acceptors (Lipinski definition) is 0. The Labute approximate surface area is 48.5 Å². The highest BCUT2D eigenvalue weighted by molar-refractivity contribution is 6.08. The van der Waals surface area contributed by atoms with Crippen molar-refractivity contribution in [1.29, 1.82) is 0 Å². The van der Waals surface area contributed by atoms with Gasteiger partial charge < -0.3 is 0 Å². The van der Waals surface area contributed by atoms with Crippen LogP contribution >= 0.6 is 0 Å². The summed E-state index contributed by atoms with van der Waals surface area (Å²) >= 11 is 0. The van der Waals surface area contributed by atoms with Gasteiger partial charge in [-0.25, -0.2) is 0 Å². The van der Waals surface area contributed by atoms with Crippen molar-refractivity contribution in [2.45, 2.75) is 31.9 Å². The molecule has 0 aromatic carbocycles. The predicted octanol–water partition coefficient (Wildman–Crippen LogP) is 0.259. The van der Waals surface area contributed by atoms with Crippen LogP contribution in [-0.2, 0) is 0 Å². The van der Waals surface area contributed by atoms with Gasteiger partial charge in [0.05, 0.1) is 0 Å². The highest BCUT2D eigenvalue weighted by atomic mass is 13.8. The van der Waals surface area contributed by atoms with Crippen molar-refractivity contribution in [2.75, 3.05) is 0 Å². The van der Waals surface area contributed by atoms with E-state index in [1.54, 1.807) is 0 Å². The second kappa shape index (κ2) is 6.13. The summed E-state index contributed by atoms with van der Waals surface area (Å²) in [7, 11) is 4.49. The maximum absolute atomic E-state index is 2.25. The smallest absolute Gasteiger partial charge is 0.0811 e. The lowest BCUT2D eigenvalue weighted by molar-refractivity contribution is 0.770. The summed E-state index contributed by atoms with van der Waals surface area (Å²) < 4.78 is 0. The van der Waals surface area contributed by atoms with E-state index in [4.69, 9.17) is 0 Å². The first kappa shape index (κ1) is 7.13. The third kappa shape index (κ3) is 6.13. The van der Waals surface area contributed by atoms with Gasteiger partial charge in [-0.05, 0) is 0 Å². The van der Waals surface area contributed by atoms with Crippen LogP contribution < -0.4 is 0 Å². The molecular formula is C5H14B2. The van der Waals surface area contributed by atoms with Crippen molar-refractivity contribution >= 4 is 15.7 Å². The standard InChI is InChI=1S/C5H14B2/c6-4-2-1-3-5-7/h1-7H2. The molecule has 0 spiro atoms. The van der Waals surface area contributed by atoms with Gasteiger partial charge in [-0.2, -0.15) is 0 Å². The number of rotatable bonds is 4. The van der Waals surface area contributed by atoms with Crippen molar-refractivity contribution in [2.24, 2.45) is 0 Å². The predicted molar refractivity (Wildman–Crippen MR) is 40.6 cm³/mol. The monoisotopic (exact) mass is 96.1 g/mol. The largest absolute Gasteiger partial charge is 0.101 e.